The third-order valence-electron chi connectivity index (χ3n) is 3.94. The summed E-state index contributed by atoms with van der Waals surface area (Å²) in [5.41, 5.74) is 7.12. The van der Waals surface area contributed by atoms with Crippen molar-refractivity contribution in [3.8, 4) is 11.5 Å². The summed E-state index contributed by atoms with van der Waals surface area (Å²) in [6, 6.07) is 12.4. The van der Waals surface area contributed by atoms with E-state index in [2.05, 4.69) is 5.32 Å². The highest BCUT2D eigenvalue weighted by molar-refractivity contribution is 6.06. The molecule has 26 heavy (non-hydrogen) atoms. The van der Waals surface area contributed by atoms with Gasteiger partial charge in [0.1, 0.15) is 0 Å². The first kappa shape index (κ1) is 17.3. The van der Waals surface area contributed by atoms with Crippen molar-refractivity contribution in [1.29, 1.82) is 0 Å². The van der Waals surface area contributed by atoms with Crippen molar-refractivity contribution in [3.05, 3.63) is 54.2 Å². The van der Waals surface area contributed by atoms with Gasteiger partial charge in [0.15, 0.2) is 18.1 Å². The number of nitrogens with zero attached hydrogens (tertiary/aromatic N) is 1. The van der Waals surface area contributed by atoms with E-state index in [-0.39, 0.29) is 12.5 Å². The van der Waals surface area contributed by atoms with E-state index in [1.165, 1.54) is 7.11 Å². The Labute approximate surface area is 150 Å². The second-order valence-corrected chi connectivity index (χ2v) is 5.77. The predicted molar refractivity (Wildman–Crippen MR) is 98.6 cm³/mol. The van der Waals surface area contributed by atoms with Gasteiger partial charge in [-0.2, -0.15) is 0 Å². The lowest BCUT2D eigenvalue weighted by atomic mass is 10.1. The number of fused-ring (bicyclic) bond motifs is 1. The van der Waals surface area contributed by atoms with Gasteiger partial charge in [0.05, 0.1) is 7.11 Å². The van der Waals surface area contributed by atoms with Crippen LogP contribution in [0.4, 0.5) is 5.69 Å². The Morgan fingerprint density at radius 3 is 2.65 bits per heavy atom. The average molecular weight is 353 g/mol. The number of aromatic nitrogens is 1. The Kier molecular flexibility index (Phi) is 4.79. The number of aryl methyl sites for hydroxylation is 1. The van der Waals surface area contributed by atoms with Crippen molar-refractivity contribution in [2.45, 2.75) is 0 Å². The van der Waals surface area contributed by atoms with Crippen LogP contribution in [0.3, 0.4) is 0 Å². The van der Waals surface area contributed by atoms with Crippen molar-refractivity contribution in [1.82, 2.24) is 4.57 Å². The molecule has 2 aromatic carbocycles. The van der Waals surface area contributed by atoms with Crippen LogP contribution in [0, 0.1) is 0 Å². The van der Waals surface area contributed by atoms with Crippen LogP contribution in [0.25, 0.3) is 10.9 Å². The highest BCUT2D eigenvalue weighted by Crippen LogP contribution is 2.30. The van der Waals surface area contributed by atoms with E-state index in [1.807, 2.05) is 36.0 Å². The minimum atomic E-state index is -0.600. The van der Waals surface area contributed by atoms with Crippen molar-refractivity contribution in [3.63, 3.8) is 0 Å². The van der Waals surface area contributed by atoms with Crippen LogP contribution in [0.15, 0.2) is 48.7 Å². The number of nitrogens with one attached hydrogen (secondary N) is 1. The number of anilines is 1. The van der Waals surface area contributed by atoms with Gasteiger partial charge in [-0.3, -0.25) is 9.59 Å². The van der Waals surface area contributed by atoms with Crippen LogP contribution in [-0.4, -0.2) is 30.1 Å². The number of primary amides is 1. The summed E-state index contributed by atoms with van der Waals surface area (Å²) >= 11 is 0. The minimum absolute atomic E-state index is 0.251. The van der Waals surface area contributed by atoms with Gasteiger partial charge < -0.3 is 25.1 Å². The van der Waals surface area contributed by atoms with Gasteiger partial charge in [0.2, 0.25) is 0 Å². The summed E-state index contributed by atoms with van der Waals surface area (Å²) in [6.07, 6.45) is 1.94. The minimum Gasteiger partial charge on any atom is -0.493 e. The van der Waals surface area contributed by atoms with Gasteiger partial charge in [0, 0.05) is 36.1 Å². The quantitative estimate of drug-likeness (QED) is 0.711. The Bertz CT molecular complexity index is 978. The van der Waals surface area contributed by atoms with Crippen molar-refractivity contribution < 1.29 is 19.1 Å². The van der Waals surface area contributed by atoms with Crippen LogP contribution < -0.4 is 20.5 Å². The second-order valence-electron chi connectivity index (χ2n) is 5.77. The number of methoxy groups -OCH3 is 1. The van der Waals surface area contributed by atoms with Gasteiger partial charge in [0.25, 0.3) is 11.8 Å². The van der Waals surface area contributed by atoms with E-state index in [0.717, 1.165) is 10.9 Å². The molecule has 0 aliphatic carbocycles. The third kappa shape index (κ3) is 3.61. The van der Waals surface area contributed by atoms with E-state index >= 15 is 0 Å². The molecule has 3 rings (SSSR count). The monoisotopic (exact) mass is 353 g/mol. The number of hydrogen-bond acceptors (Lipinski definition) is 4. The lowest BCUT2D eigenvalue weighted by molar-refractivity contribution is -0.119. The maximum Gasteiger partial charge on any atom is 0.255 e. The van der Waals surface area contributed by atoms with E-state index in [9.17, 15) is 9.59 Å². The van der Waals surface area contributed by atoms with Crippen LogP contribution in [0.2, 0.25) is 0 Å². The predicted octanol–water partition coefficient (Wildman–Crippen LogP) is 2.30. The molecule has 0 bridgehead atoms. The molecule has 1 heterocycles. The fourth-order valence-corrected chi connectivity index (χ4v) is 2.62. The summed E-state index contributed by atoms with van der Waals surface area (Å²) in [4.78, 5) is 23.5. The summed E-state index contributed by atoms with van der Waals surface area (Å²) in [6.45, 7) is -0.280. The van der Waals surface area contributed by atoms with E-state index in [4.69, 9.17) is 15.2 Å². The SMILES string of the molecule is COc1ccc(NC(=O)c2ccc3ccn(C)c3c2)cc1OCC(N)=O. The summed E-state index contributed by atoms with van der Waals surface area (Å²) in [5.74, 6) is -0.0899. The standard InChI is InChI=1S/C19H19N3O4/c1-22-8-7-12-3-4-13(9-15(12)22)19(24)21-14-5-6-16(25-2)17(10-14)26-11-18(20)23/h3-10H,11H2,1-2H3,(H2,20,23)(H,21,24). The number of ether oxygens (including phenoxy) is 2. The Hall–Kier alpha value is -3.48. The maximum atomic E-state index is 12.6. The molecular weight excluding hydrogens is 334 g/mol. The first-order valence-corrected chi connectivity index (χ1v) is 7.93. The highest BCUT2D eigenvalue weighted by atomic mass is 16.5. The normalized spacial score (nSPS) is 10.5. The number of hydrogen-bond donors (Lipinski definition) is 2. The molecule has 3 aromatic rings. The van der Waals surface area contributed by atoms with Gasteiger partial charge in [-0.25, -0.2) is 0 Å². The van der Waals surface area contributed by atoms with Crippen LogP contribution in [0.1, 0.15) is 10.4 Å². The Morgan fingerprint density at radius 1 is 1.12 bits per heavy atom. The molecule has 0 aliphatic heterocycles. The second kappa shape index (κ2) is 7.18. The van der Waals surface area contributed by atoms with Gasteiger partial charge in [-0.15, -0.1) is 0 Å². The molecule has 0 radical (unpaired) electrons. The number of rotatable bonds is 6. The third-order valence-corrected chi connectivity index (χ3v) is 3.94. The van der Waals surface area contributed by atoms with Crippen molar-refractivity contribution in [2.24, 2.45) is 12.8 Å². The number of nitrogens with two attached hydrogens (primary N) is 1. The first-order chi connectivity index (χ1) is 12.5. The number of benzene rings is 2. The zero-order valence-corrected chi connectivity index (χ0v) is 14.5. The molecule has 0 unspecified atom stereocenters. The zero-order valence-electron chi connectivity index (χ0n) is 14.5. The largest absolute Gasteiger partial charge is 0.493 e. The Balaban J connectivity index is 1.82. The molecule has 134 valence electrons. The molecule has 0 aliphatic rings. The van der Waals surface area contributed by atoms with Crippen LogP contribution >= 0.6 is 0 Å². The van der Waals surface area contributed by atoms with Gasteiger partial charge >= 0.3 is 0 Å². The zero-order chi connectivity index (χ0) is 18.7. The fourth-order valence-electron chi connectivity index (χ4n) is 2.62. The molecule has 0 fully saturated rings. The molecule has 3 N–H and O–H groups in total. The van der Waals surface area contributed by atoms with Crippen LogP contribution in [-0.2, 0) is 11.8 Å². The number of carbonyl (C=O) groups excluding carboxylic acids is 2. The molecule has 7 nitrogen and oxygen atoms in total. The topological polar surface area (TPSA) is 95.6 Å². The molecule has 0 spiro atoms. The fraction of sp³-hybridized carbons (Fsp3) is 0.158. The molecule has 0 saturated carbocycles. The highest BCUT2D eigenvalue weighted by Gasteiger charge is 2.12. The molecule has 2 amide bonds. The summed E-state index contributed by atoms with van der Waals surface area (Å²) < 4.78 is 12.5. The molecular formula is C19H19N3O4. The number of amides is 2. The van der Waals surface area contributed by atoms with E-state index < -0.39 is 5.91 Å². The molecule has 1 aromatic heterocycles. The van der Waals surface area contributed by atoms with Gasteiger partial charge in [-0.05, 0) is 35.7 Å². The van der Waals surface area contributed by atoms with Crippen LogP contribution in [0.5, 0.6) is 11.5 Å². The lowest BCUT2D eigenvalue weighted by Crippen LogP contribution is -2.20. The first-order valence-electron chi connectivity index (χ1n) is 7.93. The van der Waals surface area contributed by atoms with Crippen molar-refractivity contribution in [2.75, 3.05) is 19.0 Å². The maximum absolute atomic E-state index is 12.6. The summed E-state index contributed by atoms with van der Waals surface area (Å²) in [7, 11) is 3.41. The van der Waals surface area contributed by atoms with E-state index in [0.29, 0.717) is 22.7 Å². The molecule has 7 heteroatoms. The smallest absolute Gasteiger partial charge is 0.255 e. The molecule has 0 saturated heterocycles. The van der Waals surface area contributed by atoms with E-state index in [1.54, 1.807) is 24.3 Å². The molecule has 0 atom stereocenters. The van der Waals surface area contributed by atoms with Gasteiger partial charge in [-0.1, -0.05) is 6.07 Å². The Morgan fingerprint density at radius 2 is 1.92 bits per heavy atom. The lowest BCUT2D eigenvalue weighted by Gasteiger charge is -2.12. The number of carbonyl (C=O) groups is 2. The average Bonchev–Trinajstić information content (AvgIpc) is 3.00. The van der Waals surface area contributed by atoms with Crippen molar-refractivity contribution >= 4 is 28.4 Å². The summed E-state index contributed by atoms with van der Waals surface area (Å²) in [5, 5.41) is 3.88.